The summed E-state index contributed by atoms with van der Waals surface area (Å²) >= 11 is 0. The van der Waals surface area contributed by atoms with E-state index in [1.165, 1.54) is 0 Å². The van der Waals surface area contributed by atoms with Gasteiger partial charge in [0.15, 0.2) is 6.10 Å². The van der Waals surface area contributed by atoms with Gasteiger partial charge in [-0.3, -0.25) is 19.7 Å². The van der Waals surface area contributed by atoms with Crippen LogP contribution in [0.2, 0.25) is 0 Å². The summed E-state index contributed by atoms with van der Waals surface area (Å²) in [6, 6.07) is 10.6. The summed E-state index contributed by atoms with van der Waals surface area (Å²) in [7, 11) is 0. The van der Waals surface area contributed by atoms with Crippen molar-refractivity contribution < 1.29 is 14.3 Å². The number of ether oxygens (including phenoxy) is 1. The largest absolute Gasteiger partial charge is 0.481 e. The van der Waals surface area contributed by atoms with Gasteiger partial charge in [-0.2, -0.15) is 0 Å². The highest BCUT2D eigenvalue weighted by molar-refractivity contribution is 6.00. The lowest BCUT2D eigenvalue weighted by atomic mass is 10.2. The molecule has 1 aromatic heterocycles. The molecule has 0 aliphatic heterocycles. The lowest BCUT2D eigenvalue weighted by Gasteiger charge is -2.15. The minimum atomic E-state index is -0.587. The van der Waals surface area contributed by atoms with Crippen molar-refractivity contribution in [3.05, 3.63) is 53.3 Å². The third-order valence-electron chi connectivity index (χ3n) is 3.83. The first-order valence-corrected chi connectivity index (χ1v) is 8.43. The van der Waals surface area contributed by atoms with E-state index in [0.717, 1.165) is 17.8 Å². The number of amides is 2. The van der Waals surface area contributed by atoms with Crippen molar-refractivity contribution in [2.24, 2.45) is 0 Å². The second kappa shape index (κ2) is 8.37. The quantitative estimate of drug-likeness (QED) is 0.812. The average molecular weight is 343 g/mol. The maximum absolute atomic E-state index is 12.3. The second-order valence-electron chi connectivity index (χ2n) is 5.97. The van der Waals surface area contributed by atoms with E-state index >= 15 is 0 Å². The summed E-state index contributed by atoms with van der Waals surface area (Å²) < 4.78 is 7.35. The molecule has 1 atom stereocenters. The molecule has 1 heterocycles. The SMILES string of the molecule is CCCNC(=O)[C@@H](C)Oc1ccc(C(=O)Nn2c(C)ccc2C)cc1. The van der Waals surface area contributed by atoms with Crippen LogP contribution in [0.25, 0.3) is 0 Å². The highest BCUT2D eigenvalue weighted by Crippen LogP contribution is 2.15. The van der Waals surface area contributed by atoms with Crippen molar-refractivity contribution in [2.45, 2.75) is 40.2 Å². The molecule has 0 bridgehead atoms. The lowest BCUT2D eigenvalue weighted by Crippen LogP contribution is -2.36. The van der Waals surface area contributed by atoms with Crippen molar-refractivity contribution in [2.75, 3.05) is 12.0 Å². The van der Waals surface area contributed by atoms with Gasteiger partial charge in [0, 0.05) is 23.5 Å². The van der Waals surface area contributed by atoms with Crippen LogP contribution in [-0.4, -0.2) is 29.1 Å². The normalized spacial score (nSPS) is 11.7. The van der Waals surface area contributed by atoms with Crippen LogP contribution in [0.4, 0.5) is 0 Å². The van der Waals surface area contributed by atoms with Gasteiger partial charge in [-0.05, 0) is 63.6 Å². The van der Waals surface area contributed by atoms with Crippen LogP contribution in [0.1, 0.15) is 42.0 Å². The number of benzene rings is 1. The molecule has 0 unspecified atom stereocenters. The Morgan fingerprint density at radius 3 is 2.24 bits per heavy atom. The third-order valence-corrected chi connectivity index (χ3v) is 3.83. The number of hydrogen-bond donors (Lipinski definition) is 2. The summed E-state index contributed by atoms with van der Waals surface area (Å²) in [6.45, 7) is 8.17. The first-order chi connectivity index (χ1) is 11.9. The van der Waals surface area contributed by atoms with Gasteiger partial charge in [-0.15, -0.1) is 0 Å². The van der Waals surface area contributed by atoms with Crippen molar-refractivity contribution in [1.29, 1.82) is 0 Å². The molecular formula is C19H25N3O3. The van der Waals surface area contributed by atoms with E-state index in [1.54, 1.807) is 35.9 Å². The zero-order valence-corrected chi connectivity index (χ0v) is 15.1. The fourth-order valence-electron chi connectivity index (χ4n) is 2.35. The van der Waals surface area contributed by atoms with Gasteiger partial charge in [-0.25, -0.2) is 0 Å². The van der Waals surface area contributed by atoms with E-state index in [1.807, 2.05) is 32.9 Å². The summed E-state index contributed by atoms with van der Waals surface area (Å²) in [4.78, 5) is 24.2. The van der Waals surface area contributed by atoms with Crippen molar-refractivity contribution in [3.8, 4) is 5.75 Å². The Bertz CT molecular complexity index is 715. The number of aromatic nitrogens is 1. The maximum Gasteiger partial charge on any atom is 0.270 e. The molecule has 0 aliphatic rings. The number of carbonyl (C=O) groups is 2. The smallest absolute Gasteiger partial charge is 0.270 e. The van der Waals surface area contributed by atoms with Crippen molar-refractivity contribution in [1.82, 2.24) is 9.99 Å². The van der Waals surface area contributed by atoms with Crippen LogP contribution in [-0.2, 0) is 4.79 Å². The van der Waals surface area contributed by atoms with Gasteiger partial charge in [-0.1, -0.05) is 6.92 Å². The minimum absolute atomic E-state index is 0.151. The second-order valence-corrected chi connectivity index (χ2v) is 5.97. The molecule has 0 spiro atoms. The van der Waals surface area contributed by atoms with Crippen LogP contribution in [0, 0.1) is 13.8 Å². The Kier molecular flexibility index (Phi) is 6.22. The molecule has 25 heavy (non-hydrogen) atoms. The number of aryl methyl sites for hydroxylation is 2. The van der Waals surface area contributed by atoms with E-state index in [2.05, 4.69) is 10.7 Å². The molecule has 0 aliphatic carbocycles. The molecule has 0 saturated heterocycles. The van der Waals surface area contributed by atoms with E-state index in [-0.39, 0.29) is 11.8 Å². The van der Waals surface area contributed by atoms with Crippen molar-refractivity contribution >= 4 is 11.8 Å². The van der Waals surface area contributed by atoms with Gasteiger partial charge in [0.05, 0.1) is 0 Å². The van der Waals surface area contributed by atoms with Gasteiger partial charge in [0.1, 0.15) is 5.75 Å². The zero-order chi connectivity index (χ0) is 18.4. The fourth-order valence-corrected chi connectivity index (χ4v) is 2.35. The number of hydrogen-bond acceptors (Lipinski definition) is 3. The van der Waals surface area contributed by atoms with Gasteiger partial charge >= 0.3 is 0 Å². The van der Waals surface area contributed by atoms with Gasteiger partial charge < -0.3 is 10.1 Å². The van der Waals surface area contributed by atoms with Crippen LogP contribution in [0.15, 0.2) is 36.4 Å². The summed E-state index contributed by atoms with van der Waals surface area (Å²) in [5.74, 6) is 0.189. The summed E-state index contributed by atoms with van der Waals surface area (Å²) in [5.41, 5.74) is 5.28. The van der Waals surface area contributed by atoms with Crippen LogP contribution in [0.5, 0.6) is 5.75 Å². The Morgan fingerprint density at radius 2 is 1.68 bits per heavy atom. The average Bonchev–Trinajstić information content (AvgIpc) is 2.92. The molecule has 6 heteroatoms. The number of nitrogens with zero attached hydrogens (tertiary/aromatic N) is 1. The molecule has 2 amide bonds. The molecule has 2 aromatic rings. The zero-order valence-electron chi connectivity index (χ0n) is 15.1. The van der Waals surface area contributed by atoms with Gasteiger partial charge in [0.2, 0.25) is 0 Å². The van der Waals surface area contributed by atoms with Crippen LogP contribution < -0.4 is 15.5 Å². The molecule has 0 radical (unpaired) electrons. The van der Waals surface area contributed by atoms with E-state index in [9.17, 15) is 9.59 Å². The Hall–Kier alpha value is -2.76. The highest BCUT2D eigenvalue weighted by Gasteiger charge is 2.14. The highest BCUT2D eigenvalue weighted by atomic mass is 16.5. The maximum atomic E-state index is 12.3. The Morgan fingerprint density at radius 1 is 1.08 bits per heavy atom. The van der Waals surface area contributed by atoms with Crippen LogP contribution >= 0.6 is 0 Å². The first-order valence-electron chi connectivity index (χ1n) is 8.43. The lowest BCUT2D eigenvalue weighted by molar-refractivity contribution is -0.127. The predicted octanol–water partition coefficient (Wildman–Crippen LogP) is 2.78. The van der Waals surface area contributed by atoms with E-state index in [4.69, 9.17) is 4.74 Å². The van der Waals surface area contributed by atoms with E-state index < -0.39 is 6.10 Å². The molecule has 2 N–H and O–H groups in total. The number of rotatable bonds is 7. The first kappa shape index (κ1) is 18.6. The molecule has 0 fully saturated rings. The summed E-state index contributed by atoms with van der Waals surface area (Å²) in [6.07, 6.45) is 0.291. The Balaban J connectivity index is 1.97. The van der Waals surface area contributed by atoms with Crippen LogP contribution in [0.3, 0.4) is 0 Å². The monoisotopic (exact) mass is 343 g/mol. The fraction of sp³-hybridized carbons (Fsp3) is 0.368. The molecule has 2 rings (SSSR count). The number of nitrogens with one attached hydrogen (secondary N) is 2. The molecule has 6 nitrogen and oxygen atoms in total. The minimum Gasteiger partial charge on any atom is -0.481 e. The number of carbonyl (C=O) groups excluding carboxylic acids is 2. The van der Waals surface area contributed by atoms with Gasteiger partial charge in [0.25, 0.3) is 11.8 Å². The topological polar surface area (TPSA) is 72.4 Å². The molecule has 0 saturated carbocycles. The Labute approximate surface area is 148 Å². The van der Waals surface area contributed by atoms with E-state index in [0.29, 0.717) is 17.9 Å². The van der Waals surface area contributed by atoms with Crippen molar-refractivity contribution in [3.63, 3.8) is 0 Å². The third kappa shape index (κ3) is 4.86. The molecule has 1 aromatic carbocycles. The standard InChI is InChI=1S/C19H25N3O3/c1-5-12-20-18(23)15(4)25-17-10-8-16(9-11-17)19(24)21-22-13(2)6-7-14(22)3/h6-11,15H,5,12H2,1-4H3,(H,20,23)(H,21,24)/t15-/m1/s1. The predicted molar refractivity (Wildman–Crippen MR) is 97.4 cm³/mol. The summed E-state index contributed by atoms with van der Waals surface area (Å²) in [5, 5.41) is 2.79. The molecular weight excluding hydrogens is 318 g/mol. The molecule has 134 valence electrons.